The van der Waals surface area contributed by atoms with Crippen LogP contribution in [-0.2, 0) is 0 Å². The molecule has 92 valence electrons. The van der Waals surface area contributed by atoms with Gasteiger partial charge in [-0.3, -0.25) is 0 Å². The van der Waals surface area contributed by atoms with Gasteiger partial charge in [0.1, 0.15) is 0 Å². The Morgan fingerprint density at radius 3 is 2.71 bits per heavy atom. The van der Waals surface area contributed by atoms with Crippen molar-refractivity contribution in [2.45, 2.75) is 18.4 Å². The topological polar surface area (TPSA) is 60.8 Å². The lowest BCUT2D eigenvalue weighted by molar-refractivity contribution is 0.0504. The van der Waals surface area contributed by atoms with E-state index in [4.69, 9.17) is 16.7 Å². The number of β-amino-alcohol motifs (C(OH)–C–C–N with tert-alkyl or cyclic N) is 1. The van der Waals surface area contributed by atoms with Crippen LogP contribution < -0.4 is 0 Å². The molecule has 1 aliphatic rings. The van der Waals surface area contributed by atoms with Crippen LogP contribution in [0.3, 0.4) is 0 Å². The average molecular weight is 256 g/mol. The molecule has 1 aromatic carbocycles. The first-order valence-electron chi connectivity index (χ1n) is 5.50. The second-order valence-electron chi connectivity index (χ2n) is 4.21. The number of piperidine rings is 1. The zero-order valence-corrected chi connectivity index (χ0v) is 9.97. The standard InChI is InChI=1S/C12H14ClNO3/c13-10-4-2-1-3-8(10)9-5-6-14(12(16)17)7-11(9)15/h1-4,9,11,15H,5-7H2,(H,16,17). The van der Waals surface area contributed by atoms with E-state index in [1.165, 1.54) is 4.90 Å². The highest BCUT2D eigenvalue weighted by Crippen LogP contribution is 2.32. The lowest BCUT2D eigenvalue weighted by Crippen LogP contribution is -2.45. The molecule has 1 heterocycles. The van der Waals surface area contributed by atoms with Crippen molar-refractivity contribution in [2.24, 2.45) is 0 Å². The van der Waals surface area contributed by atoms with Crippen molar-refractivity contribution in [3.05, 3.63) is 34.9 Å². The van der Waals surface area contributed by atoms with E-state index in [-0.39, 0.29) is 12.5 Å². The quantitative estimate of drug-likeness (QED) is 0.809. The number of carboxylic acid groups (broad SMARTS) is 1. The highest BCUT2D eigenvalue weighted by molar-refractivity contribution is 6.31. The summed E-state index contributed by atoms with van der Waals surface area (Å²) in [5, 5.41) is 19.5. The number of likely N-dealkylation sites (tertiary alicyclic amines) is 1. The molecule has 0 saturated carbocycles. The Labute approximate surface area is 104 Å². The molecule has 17 heavy (non-hydrogen) atoms. The Morgan fingerprint density at radius 2 is 2.12 bits per heavy atom. The van der Waals surface area contributed by atoms with E-state index in [9.17, 15) is 9.90 Å². The minimum Gasteiger partial charge on any atom is -0.465 e. The molecule has 2 atom stereocenters. The number of hydrogen-bond acceptors (Lipinski definition) is 2. The largest absolute Gasteiger partial charge is 0.465 e. The van der Waals surface area contributed by atoms with Crippen LogP contribution in [0.25, 0.3) is 0 Å². The Balaban J connectivity index is 2.15. The average Bonchev–Trinajstić information content (AvgIpc) is 2.30. The van der Waals surface area contributed by atoms with Gasteiger partial charge < -0.3 is 15.1 Å². The first-order chi connectivity index (χ1) is 8.09. The van der Waals surface area contributed by atoms with Gasteiger partial charge in [-0.25, -0.2) is 4.79 Å². The van der Waals surface area contributed by atoms with Crippen LogP contribution in [-0.4, -0.2) is 40.4 Å². The van der Waals surface area contributed by atoms with E-state index in [0.29, 0.717) is 18.0 Å². The van der Waals surface area contributed by atoms with Gasteiger partial charge in [0.05, 0.1) is 12.6 Å². The van der Waals surface area contributed by atoms with Crippen molar-refractivity contribution < 1.29 is 15.0 Å². The Hall–Kier alpha value is -1.26. The van der Waals surface area contributed by atoms with Crippen molar-refractivity contribution in [3.63, 3.8) is 0 Å². The molecule has 1 amide bonds. The van der Waals surface area contributed by atoms with E-state index < -0.39 is 12.2 Å². The summed E-state index contributed by atoms with van der Waals surface area (Å²) in [5.41, 5.74) is 0.895. The van der Waals surface area contributed by atoms with Crippen LogP contribution in [0.4, 0.5) is 4.79 Å². The van der Waals surface area contributed by atoms with Crippen LogP contribution in [0, 0.1) is 0 Å². The number of aliphatic hydroxyl groups is 1. The molecule has 0 aromatic heterocycles. The van der Waals surface area contributed by atoms with Crippen LogP contribution in [0.1, 0.15) is 17.9 Å². The number of halogens is 1. The van der Waals surface area contributed by atoms with E-state index in [0.717, 1.165) is 5.56 Å². The van der Waals surface area contributed by atoms with Crippen LogP contribution in [0.15, 0.2) is 24.3 Å². The van der Waals surface area contributed by atoms with Crippen molar-refractivity contribution in [2.75, 3.05) is 13.1 Å². The van der Waals surface area contributed by atoms with Gasteiger partial charge in [0.25, 0.3) is 0 Å². The molecule has 2 N–H and O–H groups in total. The third-order valence-corrected chi connectivity index (χ3v) is 3.50. The predicted molar refractivity (Wildman–Crippen MR) is 64.4 cm³/mol. The summed E-state index contributed by atoms with van der Waals surface area (Å²) in [4.78, 5) is 12.0. The second-order valence-corrected chi connectivity index (χ2v) is 4.62. The predicted octanol–water partition coefficient (Wildman–Crippen LogP) is 2.17. The fraction of sp³-hybridized carbons (Fsp3) is 0.417. The van der Waals surface area contributed by atoms with Crippen LogP contribution in [0.2, 0.25) is 5.02 Å². The van der Waals surface area contributed by atoms with E-state index in [2.05, 4.69) is 0 Å². The third kappa shape index (κ3) is 2.53. The number of amides is 1. The lowest BCUT2D eigenvalue weighted by Gasteiger charge is -2.34. The van der Waals surface area contributed by atoms with Crippen LogP contribution >= 0.6 is 11.6 Å². The molecular weight excluding hydrogens is 242 g/mol. The highest BCUT2D eigenvalue weighted by Gasteiger charge is 2.31. The molecule has 2 rings (SSSR count). The highest BCUT2D eigenvalue weighted by atomic mass is 35.5. The number of benzene rings is 1. The van der Waals surface area contributed by atoms with E-state index >= 15 is 0 Å². The molecule has 5 heteroatoms. The molecule has 0 aliphatic carbocycles. The molecule has 1 aromatic rings. The smallest absolute Gasteiger partial charge is 0.407 e. The Morgan fingerprint density at radius 1 is 1.41 bits per heavy atom. The summed E-state index contributed by atoms with van der Waals surface area (Å²) in [6, 6.07) is 7.38. The van der Waals surface area contributed by atoms with Crippen molar-refractivity contribution in [1.82, 2.24) is 4.90 Å². The maximum Gasteiger partial charge on any atom is 0.407 e. The van der Waals surface area contributed by atoms with Crippen molar-refractivity contribution in [3.8, 4) is 0 Å². The maximum atomic E-state index is 10.8. The third-order valence-electron chi connectivity index (χ3n) is 3.16. The van der Waals surface area contributed by atoms with Gasteiger partial charge in [-0.15, -0.1) is 0 Å². The summed E-state index contributed by atoms with van der Waals surface area (Å²) in [6.45, 7) is 0.577. The van der Waals surface area contributed by atoms with Gasteiger partial charge in [0.15, 0.2) is 0 Å². The first kappa shape index (κ1) is 12.2. The Bertz CT molecular complexity index is 424. The number of hydrogen-bond donors (Lipinski definition) is 2. The molecule has 0 bridgehead atoms. The van der Waals surface area contributed by atoms with Crippen LogP contribution in [0.5, 0.6) is 0 Å². The monoisotopic (exact) mass is 255 g/mol. The van der Waals surface area contributed by atoms with Gasteiger partial charge >= 0.3 is 6.09 Å². The summed E-state index contributed by atoms with van der Waals surface area (Å²) < 4.78 is 0. The minimum atomic E-state index is -0.985. The molecule has 0 spiro atoms. The van der Waals surface area contributed by atoms with E-state index in [1.807, 2.05) is 18.2 Å². The fourth-order valence-corrected chi connectivity index (χ4v) is 2.52. The number of aliphatic hydroxyl groups excluding tert-OH is 1. The van der Waals surface area contributed by atoms with Gasteiger partial charge in [-0.2, -0.15) is 0 Å². The summed E-state index contributed by atoms with van der Waals surface area (Å²) in [5.74, 6) is -0.0840. The molecule has 1 aliphatic heterocycles. The van der Waals surface area contributed by atoms with Crippen molar-refractivity contribution >= 4 is 17.7 Å². The molecule has 4 nitrogen and oxygen atoms in total. The Kier molecular flexibility index (Phi) is 3.54. The lowest BCUT2D eigenvalue weighted by atomic mass is 9.87. The second kappa shape index (κ2) is 4.94. The number of nitrogens with zero attached hydrogens (tertiary/aromatic N) is 1. The van der Waals surface area contributed by atoms with E-state index in [1.54, 1.807) is 6.07 Å². The molecule has 1 saturated heterocycles. The summed E-state index contributed by atoms with van der Waals surface area (Å²) >= 11 is 6.08. The van der Waals surface area contributed by atoms with Gasteiger partial charge in [-0.1, -0.05) is 29.8 Å². The number of rotatable bonds is 1. The molecular formula is C12H14ClNO3. The zero-order chi connectivity index (χ0) is 12.4. The SMILES string of the molecule is O=C(O)N1CCC(c2ccccc2Cl)C(O)C1. The fourth-order valence-electron chi connectivity index (χ4n) is 2.24. The van der Waals surface area contributed by atoms with Gasteiger partial charge in [0, 0.05) is 17.5 Å². The number of carbonyl (C=O) groups is 1. The first-order valence-corrected chi connectivity index (χ1v) is 5.87. The van der Waals surface area contributed by atoms with Crippen molar-refractivity contribution in [1.29, 1.82) is 0 Å². The normalized spacial score (nSPS) is 24.7. The zero-order valence-electron chi connectivity index (χ0n) is 9.21. The van der Waals surface area contributed by atoms with Gasteiger partial charge in [0.2, 0.25) is 0 Å². The summed E-state index contributed by atoms with van der Waals surface area (Å²) in [7, 11) is 0. The summed E-state index contributed by atoms with van der Waals surface area (Å²) in [6.07, 6.45) is -1.08. The molecule has 1 fully saturated rings. The molecule has 0 radical (unpaired) electrons. The van der Waals surface area contributed by atoms with Gasteiger partial charge in [-0.05, 0) is 18.1 Å². The maximum absolute atomic E-state index is 10.8. The minimum absolute atomic E-state index is 0.0840. The molecule has 2 unspecified atom stereocenters.